The number of carbonyl (C=O) groups is 1. The fourth-order valence-corrected chi connectivity index (χ4v) is 2.16. The van der Waals surface area contributed by atoms with Gasteiger partial charge in [-0.15, -0.1) is 0 Å². The first-order valence-electron chi connectivity index (χ1n) is 5.16. The van der Waals surface area contributed by atoms with Gasteiger partial charge in [-0.25, -0.2) is 9.48 Å². The minimum Gasteiger partial charge on any atom is -0.476 e. The predicted molar refractivity (Wildman–Crippen MR) is 70.0 cm³/mol. The number of aromatic nitrogens is 2. The van der Waals surface area contributed by atoms with Crippen molar-refractivity contribution in [3.63, 3.8) is 0 Å². The third-order valence-corrected chi connectivity index (χ3v) is 3.29. The zero-order valence-electron chi connectivity index (χ0n) is 9.74. The van der Waals surface area contributed by atoms with Gasteiger partial charge in [0.05, 0.1) is 10.7 Å². The molecule has 1 aromatic heterocycles. The highest BCUT2D eigenvalue weighted by atomic mass is 35.5. The van der Waals surface area contributed by atoms with Gasteiger partial charge in [-0.2, -0.15) is 5.10 Å². The van der Waals surface area contributed by atoms with Crippen molar-refractivity contribution in [3.8, 4) is 5.69 Å². The van der Waals surface area contributed by atoms with Crippen LogP contribution in [0.25, 0.3) is 5.69 Å². The third kappa shape index (κ3) is 2.09. The molecule has 1 aromatic carbocycles. The molecule has 1 N–H and O–H groups in total. The number of halogens is 2. The van der Waals surface area contributed by atoms with Crippen molar-refractivity contribution in [2.24, 2.45) is 0 Å². The first-order valence-corrected chi connectivity index (χ1v) is 5.92. The lowest BCUT2D eigenvalue weighted by Gasteiger charge is -2.07. The number of benzene rings is 1. The highest BCUT2D eigenvalue weighted by Crippen LogP contribution is 2.26. The lowest BCUT2D eigenvalue weighted by Crippen LogP contribution is -2.02. The Bertz CT molecular complexity index is 635. The maximum atomic E-state index is 11.0. The van der Waals surface area contributed by atoms with E-state index in [9.17, 15) is 4.79 Å². The Morgan fingerprint density at radius 2 is 2.00 bits per heavy atom. The summed E-state index contributed by atoms with van der Waals surface area (Å²) in [5.41, 5.74) is 1.98. The van der Waals surface area contributed by atoms with E-state index < -0.39 is 5.97 Å². The summed E-state index contributed by atoms with van der Waals surface area (Å²) in [6, 6.07) is 4.98. The van der Waals surface area contributed by atoms with E-state index in [1.165, 1.54) is 4.68 Å². The van der Waals surface area contributed by atoms with Gasteiger partial charge in [0.1, 0.15) is 0 Å². The van der Waals surface area contributed by atoms with E-state index in [-0.39, 0.29) is 5.69 Å². The molecule has 4 nitrogen and oxygen atoms in total. The van der Waals surface area contributed by atoms with Crippen LogP contribution in [-0.4, -0.2) is 20.9 Å². The van der Waals surface area contributed by atoms with Gasteiger partial charge in [0.2, 0.25) is 0 Å². The maximum absolute atomic E-state index is 11.0. The minimum atomic E-state index is -1.06. The Balaban J connectivity index is 2.64. The van der Waals surface area contributed by atoms with Crippen LogP contribution in [0, 0.1) is 13.8 Å². The first kappa shape index (κ1) is 12.9. The van der Waals surface area contributed by atoms with Gasteiger partial charge in [0, 0.05) is 16.3 Å². The number of carboxylic acid groups (broad SMARTS) is 1. The number of rotatable bonds is 2. The fraction of sp³-hybridized carbons (Fsp3) is 0.167. The van der Waals surface area contributed by atoms with Gasteiger partial charge < -0.3 is 5.11 Å². The largest absolute Gasteiger partial charge is 0.476 e. The summed E-state index contributed by atoms with van der Waals surface area (Å²) >= 11 is 11.9. The molecule has 94 valence electrons. The summed E-state index contributed by atoms with van der Waals surface area (Å²) < 4.78 is 1.51. The maximum Gasteiger partial charge on any atom is 0.356 e. The molecule has 0 fully saturated rings. The Morgan fingerprint density at radius 3 is 2.50 bits per heavy atom. The second-order valence-electron chi connectivity index (χ2n) is 3.87. The number of carboxylic acids is 1. The second-order valence-corrected chi connectivity index (χ2v) is 4.72. The number of nitrogens with zero attached hydrogens (tertiary/aromatic N) is 2. The first-order chi connectivity index (χ1) is 8.41. The molecular weight excluding hydrogens is 275 g/mol. The zero-order valence-corrected chi connectivity index (χ0v) is 11.2. The van der Waals surface area contributed by atoms with Crippen molar-refractivity contribution < 1.29 is 9.90 Å². The quantitative estimate of drug-likeness (QED) is 0.918. The van der Waals surface area contributed by atoms with E-state index in [2.05, 4.69) is 5.10 Å². The van der Waals surface area contributed by atoms with E-state index in [0.717, 1.165) is 5.69 Å². The van der Waals surface area contributed by atoms with E-state index in [4.69, 9.17) is 28.3 Å². The lowest BCUT2D eigenvalue weighted by molar-refractivity contribution is 0.0689. The highest BCUT2D eigenvalue weighted by Gasteiger charge is 2.18. The second kappa shape index (κ2) is 4.63. The standard InChI is InChI=1S/C12H10Cl2N2O2/c1-6-7(2)16(15-11(6)12(17)18)10-4-3-8(13)5-9(10)14/h3-5H,1-2H3,(H,17,18). The van der Waals surface area contributed by atoms with Gasteiger partial charge in [-0.3, -0.25) is 0 Å². The molecule has 2 rings (SSSR count). The van der Waals surface area contributed by atoms with E-state index in [0.29, 0.717) is 21.3 Å². The summed E-state index contributed by atoms with van der Waals surface area (Å²) in [6.45, 7) is 3.51. The summed E-state index contributed by atoms with van der Waals surface area (Å²) in [7, 11) is 0. The van der Waals surface area contributed by atoms with Crippen LogP contribution in [0.4, 0.5) is 0 Å². The summed E-state index contributed by atoms with van der Waals surface area (Å²) in [5.74, 6) is -1.06. The van der Waals surface area contributed by atoms with Crippen LogP contribution >= 0.6 is 23.2 Å². The normalized spacial score (nSPS) is 10.7. The Morgan fingerprint density at radius 1 is 1.33 bits per heavy atom. The van der Waals surface area contributed by atoms with Gasteiger partial charge >= 0.3 is 5.97 Å². The molecule has 18 heavy (non-hydrogen) atoms. The summed E-state index contributed by atoms with van der Waals surface area (Å²) in [5, 5.41) is 14.0. The van der Waals surface area contributed by atoms with Crippen LogP contribution in [0.2, 0.25) is 10.0 Å². The number of aromatic carboxylic acids is 1. The fourth-order valence-electron chi connectivity index (χ4n) is 1.67. The van der Waals surface area contributed by atoms with Crippen molar-refractivity contribution in [1.82, 2.24) is 9.78 Å². The molecule has 0 saturated heterocycles. The van der Waals surface area contributed by atoms with Crippen LogP contribution < -0.4 is 0 Å². The summed E-state index contributed by atoms with van der Waals surface area (Å²) in [6.07, 6.45) is 0. The smallest absolute Gasteiger partial charge is 0.356 e. The summed E-state index contributed by atoms with van der Waals surface area (Å²) in [4.78, 5) is 11.0. The van der Waals surface area contributed by atoms with Crippen molar-refractivity contribution in [2.75, 3.05) is 0 Å². The zero-order chi connectivity index (χ0) is 13.4. The number of hydrogen-bond acceptors (Lipinski definition) is 2. The molecule has 0 radical (unpaired) electrons. The van der Waals surface area contributed by atoms with Gasteiger partial charge in [0.25, 0.3) is 0 Å². The molecule has 2 aromatic rings. The van der Waals surface area contributed by atoms with Crippen LogP contribution in [0.1, 0.15) is 21.7 Å². The SMILES string of the molecule is Cc1c(C(=O)O)nn(-c2ccc(Cl)cc2Cl)c1C. The average Bonchev–Trinajstić information content (AvgIpc) is 2.57. The Labute approximate surface area is 114 Å². The van der Waals surface area contributed by atoms with Crippen LogP contribution in [0.5, 0.6) is 0 Å². The van der Waals surface area contributed by atoms with Gasteiger partial charge in [-0.1, -0.05) is 23.2 Å². The highest BCUT2D eigenvalue weighted by molar-refractivity contribution is 6.35. The molecule has 0 bridgehead atoms. The molecule has 6 heteroatoms. The van der Waals surface area contributed by atoms with E-state index in [1.807, 2.05) is 0 Å². The molecule has 0 aliphatic carbocycles. The van der Waals surface area contributed by atoms with E-state index >= 15 is 0 Å². The van der Waals surface area contributed by atoms with Crippen LogP contribution in [0.15, 0.2) is 18.2 Å². The average molecular weight is 285 g/mol. The predicted octanol–water partition coefficient (Wildman–Crippen LogP) is 3.49. The van der Waals surface area contributed by atoms with Crippen molar-refractivity contribution in [2.45, 2.75) is 13.8 Å². The monoisotopic (exact) mass is 284 g/mol. The van der Waals surface area contributed by atoms with Gasteiger partial charge in [-0.05, 0) is 32.0 Å². The molecule has 0 spiro atoms. The lowest BCUT2D eigenvalue weighted by atomic mass is 10.2. The van der Waals surface area contributed by atoms with Crippen molar-refractivity contribution in [1.29, 1.82) is 0 Å². The molecule has 0 amide bonds. The van der Waals surface area contributed by atoms with Crippen molar-refractivity contribution >= 4 is 29.2 Å². The topological polar surface area (TPSA) is 55.1 Å². The molecule has 0 atom stereocenters. The van der Waals surface area contributed by atoms with Crippen LogP contribution in [0.3, 0.4) is 0 Å². The van der Waals surface area contributed by atoms with Crippen molar-refractivity contribution in [3.05, 3.63) is 45.2 Å². The molecular formula is C12H10Cl2N2O2. The molecule has 0 unspecified atom stereocenters. The van der Waals surface area contributed by atoms with Crippen LogP contribution in [-0.2, 0) is 0 Å². The Hall–Kier alpha value is -1.52. The molecule has 0 aliphatic heterocycles. The molecule has 0 saturated carbocycles. The van der Waals surface area contributed by atoms with E-state index in [1.54, 1.807) is 32.0 Å². The third-order valence-electron chi connectivity index (χ3n) is 2.76. The Kier molecular flexibility index (Phi) is 3.32. The minimum absolute atomic E-state index is 0.0264. The number of hydrogen-bond donors (Lipinski definition) is 1. The molecule has 0 aliphatic rings. The van der Waals surface area contributed by atoms with Gasteiger partial charge in [0.15, 0.2) is 5.69 Å². The molecule has 1 heterocycles.